The van der Waals surface area contributed by atoms with E-state index in [2.05, 4.69) is 0 Å². The van der Waals surface area contributed by atoms with Gasteiger partial charge in [-0.05, 0) is 25.0 Å². The van der Waals surface area contributed by atoms with E-state index in [0.29, 0.717) is 13.1 Å². The van der Waals surface area contributed by atoms with E-state index in [1.807, 2.05) is 0 Å². The van der Waals surface area contributed by atoms with Crippen molar-refractivity contribution in [3.8, 4) is 0 Å². The topological polar surface area (TPSA) is 98.7 Å². The Bertz CT molecular complexity index is 498. The van der Waals surface area contributed by atoms with Crippen molar-refractivity contribution in [3.63, 3.8) is 0 Å². The minimum atomic E-state index is -0.714. The van der Waals surface area contributed by atoms with Crippen molar-refractivity contribution in [3.05, 3.63) is 33.9 Å². The van der Waals surface area contributed by atoms with Gasteiger partial charge in [-0.2, -0.15) is 0 Å². The standard InChI is InChI=1S/C12H15N3O4/c13-9-4-5-10(11(8-9)15(17)18)12(16)19-14-6-2-1-3-7-14/h4-5,8H,1-3,6-7,13H2. The lowest BCUT2D eigenvalue weighted by Gasteiger charge is -2.24. The summed E-state index contributed by atoms with van der Waals surface area (Å²) >= 11 is 0. The second-order valence-corrected chi connectivity index (χ2v) is 4.40. The normalized spacial score (nSPS) is 16.0. The van der Waals surface area contributed by atoms with Crippen LogP contribution in [0.15, 0.2) is 18.2 Å². The molecule has 1 saturated heterocycles. The maximum atomic E-state index is 11.9. The van der Waals surface area contributed by atoms with Gasteiger partial charge in [-0.3, -0.25) is 10.1 Å². The number of carbonyl (C=O) groups excluding carboxylic acids is 1. The number of hydroxylamine groups is 2. The van der Waals surface area contributed by atoms with Crippen molar-refractivity contribution in [2.45, 2.75) is 19.3 Å². The van der Waals surface area contributed by atoms with E-state index in [0.717, 1.165) is 25.3 Å². The molecule has 102 valence electrons. The summed E-state index contributed by atoms with van der Waals surface area (Å²) in [5, 5.41) is 12.4. The van der Waals surface area contributed by atoms with Crippen LogP contribution < -0.4 is 5.73 Å². The Hall–Kier alpha value is -2.15. The number of nitrogens with zero attached hydrogens (tertiary/aromatic N) is 2. The van der Waals surface area contributed by atoms with Crippen molar-refractivity contribution in [1.82, 2.24) is 5.06 Å². The first-order chi connectivity index (χ1) is 9.08. The summed E-state index contributed by atoms with van der Waals surface area (Å²) in [5.74, 6) is -0.714. The molecule has 0 atom stereocenters. The molecule has 0 amide bonds. The highest BCUT2D eigenvalue weighted by Gasteiger charge is 2.24. The minimum Gasteiger partial charge on any atom is -0.399 e. The number of rotatable bonds is 3. The van der Waals surface area contributed by atoms with E-state index in [1.165, 1.54) is 12.1 Å². The largest absolute Gasteiger partial charge is 0.399 e. The highest BCUT2D eigenvalue weighted by atomic mass is 16.7. The molecule has 0 spiro atoms. The second-order valence-electron chi connectivity index (χ2n) is 4.40. The number of benzene rings is 1. The first-order valence-corrected chi connectivity index (χ1v) is 6.09. The fourth-order valence-electron chi connectivity index (χ4n) is 1.99. The molecule has 0 radical (unpaired) electrons. The molecule has 0 saturated carbocycles. The van der Waals surface area contributed by atoms with Crippen molar-refractivity contribution < 1.29 is 14.6 Å². The predicted molar refractivity (Wildman–Crippen MR) is 68.3 cm³/mol. The number of nitro benzene ring substituents is 1. The Labute approximate surface area is 110 Å². The highest BCUT2D eigenvalue weighted by Crippen LogP contribution is 2.23. The Balaban J connectivity index is 2.16. The Morgan fingerprint density at radius 2 is 2.00 bits per heavy atom. The van der Waals surface area contributed by atoms with Gasteiger partial charge in [-0.25, -0.2) is 4.79 Å². The molecule has 2 N–H and O–H groups in total. The fourth-order valence-corrected chi connectivity index (χ4v) is 1.99. The minimum absolute atomic E-state index is 0.0789. The third-order valence-electron chi connectivity index (χ3n) is 2.97. The number of nitrogens with two attached hydrogens (primary N) is 1. The average Bonchev–Trinajstić information content (AvgIpc) is 2.39. The van der Waals surface area contributed by atoms with E-state index in [4.69, 9.17) is 10.6 Å². The Kier molecular flexibility index (Phi) is 3.96. The molecule has 7 heteroatoms. The molecule has 0 aliphatic carbocycles. The number of hydrogen-bond donors (Lipinski definition) is 1. The maximum Gasteiger partial charge on any atom is 0.364 e. The number of nitrogen functional groups attached to an aromatic ring is 1. The molecule has 1 heterocycles. The molecule has 0 aromatic heterocycles. The van der Waals surface area contributed by atoms with Crippen LogP contribution in [0.25, 0.3) is 0 Å². The number of piperidine rings is 1. The van der Waals surface area contributed by atoms with E-state index in [-0.39, 0.29) is 16.9 Å². The van der Waals surface area contributed by atoms with E-state index < -0.39 is 10.9 Å². The van der Waals surface area contributed by atoms with Gasteiger partial charge in [0.2, 0.25) is 0 Å². The molecule has 0 bridgehead atoms. The third kappa shape index (κ3) is 3.19. The van der Waals surface area contributed by atoms with Crippen LogP contribution in [0.4, 0.5) is 11.4 Å². The monoisotopic (exact) mass is 265 g/mol. The van der Waals surface area contributed by atoms with Gasteiger partial charge in [0.25, 0.3) is 5.69 Å². The van der Waals surface area contributed by atoms with Gasteiger partial charge in [0, 0.05) is 24.8 Å². The van der Waals surface area contributed by atoms with Crippen molar-refractivity contribution in [1.29, 1.82) is 0 Å². The summed E-state index contributed by atoms with van der Waals surface area (Å²) in [7, 11) is 0. The summed E-state index contributed by atoms with van der Waals surface area (Å²) in [6.07, 6.45) is 3.02. The average molecular weight is 265 g/mol. The molecule has 2 rings (SSSR count). The number of hydrogen-bond acceptors (Lipinski definition) is 6. The summed E-state index contributed by atoms with van der Waals surface area (Å²) in [5.41, 5.74) is 5.31. The number of nitro groups is 1. The van der Waals surface area contributed by atoms with Gasteiger partial charge in [0.15, 0.2) is 0 Å². The smallest absolute Gasteiger partial charge is 0.364 e. The van der Waals surface area contributed by atoms with Gasteiger partial charge in [0.1, 0.15) is 5.56 Å². The molecule has 1 aliphatic rings. The van der Waals surface area contributed by atoms with Gasteiger partial charge in [-0.1, -0.05) is 6.42 Å². The third-order valence-corrected chi connectivity index (χ3v) is 2.97. The van der Waals surface area contributed by atoms with Gasteiger partial charge < -0.3 is 10.6 Å². The number of carbonyl (C=O) groups is 1. The van der Waals surface area contributed by atoms with Crippen molar-refractivity contribution >= 4 is 17.3 Å². The molecule has 7 nitrogen and oxygen atoms in total. The second kappa shape index (κ2) is 5.66. The first-order valence-electron chi connectivity index (χ1n) is 6.09. The Morgan fingerprint density at radius 1 is 1.32 bits per heavy atom. The van der Waals surface area contributed by atoms with E-state index in [9.17, 15) is 14.9 Å². The SMILES string of the molecule is Nc1ccc(C(=O)ON2CCCCC2)c([N+](=O)[O-])c1. The molecule has 0 unspecified atom stereocenters. The summed E-state index contributed by atoms with van der Waals surface area (Å²) in [4.78, 5) is 27.4. The number of anilines is 1. The lowest BCUT2D eigenvalue weighted by Crippen LogP contribution is -2.32. The van der Waals surface area contributed by atoms with Crippen LogP contribution >= 0.6 is 0 Å². The van der Waals surface area contributed by atoms with Crippen LogP contribution in [0, 0.1) is 10.1 Å². The maximum absolute atomic E-state index is 11.9. The quantitative estimate of drug-likeness (QED) is 0.507. The molecule has 1 fully saturated rings. The molecular weight excluding hydrogens is 250 g/mol. The zero-order chi connectivity index (χ0) is 13.8. The van der Waals surface area contributed by atoms with Gasteiger partial charge in [0.05, 0.1) is 4.92 Å². The van der Waals surface area contributed by atoms with Crippen molar-refractivity contribution in [2.24, 2.45) is 0 Å². The molecular formula is C12H15N3O4. The summed E-state index contributed by atoms with van der Waals surface area (Å²) in [6, 6.07) is 3.92. The first kappa shape index (κ1) is 13.3. The predicted octanol–water partition coefficient (Wildman–Crippen LogP) is 1.73. The van der Waals surface area contributed by atoms with Crippen LogP contribution in [0.2, 0.25) is 0 Å². The van der Waals surface area contributed by atoms with Crippen LogP contribution in [-0.4, -0.2) is 29.0 Å². The zero-order valence-corrected chi connectivity index (χ0v) is 10.4. The molecule has 19 heavy (non-hydrogen) atoms. The van der Waals surface area contributed by atoms with Crippen LogP contribution in [0.1, 0.15) is 29.6 Å². The van der Waals surface area contributed by atoms with E-state index in [1.54, 1.807) is 5.06 Å². The highest BCUT2D eigenvalue weighted by molar-refractivity contribution is 5.94. The lowest BCUT2D eigenvalue weighted by atomic mass is 10.1. The van der Waals surface area contributed by atoms with Crippen molar-refractivity contribution in [2.75, 3.05) is 18.8 Å². The van der Waals surface area contributed by atoms with Crippen LogP contribution in [0.3, 0.4) is 0 Å². The zero-order valence-electron chi connectivity index (χ0n) is 10.4. The van der Waals surface area contributed by atoms with Gasteiger partial charge >= 0.3 is 5.97 Å². The van der Waals surface area contributed by atoms with E-state index >= 15 is 0 Å². The molecule has 1 aromatic carbocycles. The molecule has 1 aromatic rings. The molecule has 1 aliphatic heterocycles. The lowest BCUT2D eigenvalue weighted by molar-refractivity contribution is -0.385. The van der Waals surface area contributed by atoms with Crippen LogP contribution in [-0.2, 0) is 4.84 Å². The van der Waals surface area contributed by atoms with Gasteiger partial charge in [-0.15, -0.1) is 5.06 Å². The fraction of sp³-hybridized carbons (Fsp3) is 0.417. The Morgan fingerprint density at radius 3 is 2.63 bits per heavy atom. The summed E-state index contributed by atoms with van der Waals surface area (Å²) in [6.45, 7) is 1.32. The summed E-state index contributed by atoms with van der Waals surface area (Å²) < 4.78 is 0. The van der Waals surface area contributed by atoms with Crippen LogP contribution in [0.5, 0.6) is 0 Å².